The predicted molar refractivity (Wildman–Crippen MR) is 154 cm³/mol. The van der Waals surface area contributed by atoms with E-state index in [0.717, 1.165) is 46.3 Å². The van der Waals surface area contributed by atoms with E-state index in [4.69, 9.17) is 9.47 Å². The van der Waals surface area contributed by atoms with Crippen LogP contribution in [0.15, 0.2) is 59.7 Å². The Bertz CT molecular complexity index is 1170. The summed E-state index contributed by atoms with van der Waals surface area (Å²) in [6, 6.07) is 14.4. The second-order valence-electron chi connectivity index (χ2n) is 13.6. The fraction of sp³-hybridized carbons (Fsp3) is 0.556. The third-order valence-electron chi connectivity index (χ3n) is 11.2. The number of methoxy groups -OCH3 is 2. The SMILES string of the molecule is COC(=C1C2CC3CC(C2)CC1C3)c1cccc([O-])c1.COC(=C1C2CC3CC(C2)CC1C3)c1cccc([O-])c1.[Na+].[Na+]. The molecule has 0 heterocycles. The molecule has 0 spiro atoms. The molecule has 8 saturated carbocycles. The summed E-state index contributed by atoms with van der Waals surface area (Å²) in [6.07, 6.45) is 13.6. The van der Waals surface area contributed by atoms with Gasteiger partial charge in [0, 0.05) is 11.1 Å². The summed E-state index contributed by atoms with van der Waals surface area (Å²) < 4.78 is 11.5. The van der Waals surface area contributed by atoms with Gasteiger partial charge in [-0.3, -0.25) is 0 Å². The van der Waals surface area contributed by atoms with Gasteiger partial charge < -0.3 is 19.7 Å². The zero-order valence-corrected chi connectivity index (χ0v) is 29.9. The Labute approximate surface area is 295 Å². The molecule has 0 atom stereocenters. The van der Waals surface area contributed by atoms with Crippen LogP contribution in [0, 0.1) is 47.3 Å². The molecule has 10 rings (SSSR count). The molecular formula is C36H42Na2O4. The van der Waals surface area contributed by atoms with Gasteiger partial charge in [-0.15, -0.1) is 11.5 Å². The van der Waals surface area contributed by atoms with Crippen molar-refractivity contribution in [2.45, 2.75) is 64.2 Å². The quantitative estimate of drug-likeness (QED) is 0.400. The number of hydrogen-bond acceptors (Lipinski definition) is 4. The maximum atomic E-state index is 11.6. The van der Waals surface area contributed by atoms with Crippen LogP contribution in [-0.2, 0) is 9.47 Å². The Morgan fingerprint density at radius 3 is 1.10 bits per heavy atom. The van der Waals surface area contributed by atoms with Gasteiger partial charge in [-0.2, -0.15) is 0 Å². The van der Waals surface area contributed by atoms with Crippen molar-refractivity contribution in [1.29, 1.82) is 0 Å². The Morgan fingerprint density at radius 1 is 0.524 bits per heavy atom. The average molecular weight is 585 g/mol. The monoisotopic (exact) mass is 584 g/mol. The molecule has 42 heavy (non-hydrogen) atoms. The van der Waals surface area contributed by atoms with E-state index < -0.39 is 0 Å². The van der Waals surface area contributed by atoms with Crippen LogP contribution in [0.2, 0.25) is 0 Å². The first-order valence-electron chi connectivity index (χ1n) is 15.6. The molecule has 8 fully saturated rings. The van der Waals surface area contributed by atoms with Gasteiger partial charge in [0.25, 0.3) is 0 Å². The number of allylic oxidation sites excluding steroid dienone is 2. The molecule has 0 aromatic heterocycles. The molecule has 2 aromatic rings. The van der Waals surface area contributed by atoms with Gasteiger partial charge in [0.05, 0.1) is 14.2 Å². The fourth-order valence-electron chi connectivity index (χ4n) is 10.2. The first kappa shape index (κ1) is 32.5. The molecule has 6 heteroatoms. The van der Waals surface area contributed by atoms with Gasteiger partial charge in [-0.1, -0.05) is 48.5 Å². The summed E-state index contributed by atoms with van der Waals surface area (Å²) in [5, 5.41) is 23.2. The van der Waals surface area contributed by atoms with E-state index >= 15 is 0 Å². The van der Waals surface area contributed by atoms with Gasteiger partial charge in [0.1, 0.15) is 11.5 Å². The molecule has 8 bridgehead atoms. The summed E-state index contributed by atoms with van der Waals surface area (Å²) >= 11 is 0. The van der Waals surface area contributed by atoms with Crippen molar-refractivity contribution in [1.82, 2.24) is 0 Å². The standard InChI is InChI=1S/2C18H22O2.2Na/c2*1-20-18(13-3-2-4-16(19)10-13)17-14-6-11-5-12(8-14)9-15(17)7-11;;/h2*2-4,10-12,14-15,19H,5-9H2,1H3;;/q;;2*+1/p-2. The van der Waals surface area contributed by atoms with Crippen molar-refractivity contribution in [2.75, 3.05) is 14.2 Å². The molecule has 0 radical (unpaired) electrons. The van der Waals surface area contributed by atoms with E-state index in [1.54, 1.807) is 38.5 Å². The average Bonchev–Trinajstić information content (AvgIpc) is 2.92. The summed E-state index contributed by atoms with van der Waals surface area (Å²) in [5.74, 6) is 8.75. The number of rotatable bonds is 4. The second-order valence-corrected chi connectivity index (χ2v) is 13.6. The molecular weight excluding hydrogens is 542 g/mol. The van der Waals surface area contributed by atoms with E-state index in [1.165, 1.54) is 75.4 Å². The molecule has 4 nitrogen and oxygen atoms in total. The van der Waals surface area contributed by atoms with E-state index in [0.29, 0.717) is 23.7 Å². The molecule has 0 aliphatic heterocycles. The van der Waals surface area contributed by atoms with Crippen molar-refractivity contribution in [2.24, 2.45) is 47.3 Å². The first-order chi connectivity index (χ1) is 19.5. The molecule has 0 saturated heterocycles. The van der Waals surface area contributed by atoms with Crippen LogP contribution >= 0.6 is 0 Å². The summed E-state index contributed by atoms with van der Waals surface area (Å²) in [7, 11) is 3.51. The van der Waals surface area contributed by atoms with Crippen LogP contribution in [0.4, 0.5) is 0 Å². The molecule has 0 N–H and O–H groups in total. The molecule has 212 valence electrons. The number of ether oxygens (including phenoxy) is 2. The Morgan fingerprint density at radius 2 is 0.833 bits per heavy atom. The van der Waals surface area contributed by atoms with Crippen LogP contribution in [0.1, 0.15) is 75.3 Å². The maximum Gasteiger partial charge on any atom is 1.00 e. The second kappa shape index (κ2) is 13.6. The summed E-state index contributed by atoms with van der Waals surface area (Å²) in [6.45, 7) is 0. The van der Waals surface area contributed by atoms with E-state index in [9.17, 15) is 10.2 Å². The molecule has 8 aliphatic rings. The smallest absolute Gasteiger partial charge is 0.872 e. The van der Waals surface area contributed by atoms with Gasteiger partial charge >= 0.3 is 59.1 Å². The van der Waals surface area contributed by atoms with E-state index in [1.807, 2.05) is 24.3 Å². The van der Waals surface area contributed by atoms with E-state index in [-0.39, 0.29) is 70.6 Å². The van der Waals surface area contributed by atoms with Crippen LogP contribution in [0.25, 0.3) is 11.5 Å². The Kier molecular flexibility index (Phi) is 10.5. The summed E-state index contributed by atoms with van der Waals surface area (Å²) in [4.78, 5) is 0. The van der Waals surface area contributed by atoms with Crippen LogP contribution < -0.4 is 69.3 Å². The largest absolute Gasteiger partial charge is 1.00 e. The van der Waals surface area contributed by atoms with Crippen molar-refractivity contribution in [3.8, 4) is 11.5 Å². The van der Waals surface area contributed by atoms with Crippen LogP contribution in [0.3, 0.4) is 0 Å². The molecule has 0 unspecified atom stereocenters. The topological polar surface area (TPSA) is 64.6 Å². The zero-order chi connectivity index (χ0) is 27.4. The number of benzene rings is 2. The third kappa shape index (κ3) is 6.28. The van der Waals surface area contributed by atoms with Crippen molar-refractivity contribution in [3.63, 3.8) is 0 Å². The molecule has 0 amide bonds. The maximum absolute atomic E-state index is 11.6. The van der Waals surface area contributed by atoms with Crippen molar-refractivity contribution in [3.05, 3.63) is 70.8 Å². The molecule has 2 aromatic carbocycles. The summed E-state index contributed by atoms with van der Waals surface area (Å²) in [5.41, 5.74) is 4.99. The predicted octanol–water partition coefficient (Wildman–Crippen LogP) is 1.16. The van der Waals surface area contributed by atoms with Crippen molar-refractivity contribution < 1.29 is 78.8 Å². The van der Waals surface area contributed by atoms with Crippen molar-refractivity contribution >= 4 is 11.5 Å². The fourth-order valence-corrected chi connectivity index (χ4v) is 10.2. The normalized spacial score (nSPS) is 32.7. The third-order valence-corrected chi connectivity index (χ3v) is 11.2. The van der Waals surface area contributed by atoms with Gasteiger partial charge in [-0.25, -0.2) is 0 Å². The zero-order valence-electron chi connectivity index (χ0n) is 25.9. The first-order valence-corrected chi connectivity index (χ1v) is 15.6. The minimum Gasteiger partial charge on any atom is -0.872 e. The van der Waals surface area contributed by atoms with Crippen LogP contribution in [0.5, 0.6) is 11.5 Å². The Hall–Kier alpha value is -0.880. The number of hydrogen-bond donors (Lipinski definition) is 0. The van der Waals surface area contributed by atoms with E-state index in [2.05, 4.69) is 0 Å². The molecule has 8 aliphatic carbocycles. The minimum atomic E-state index is 0. The van der Waals surface area contributed by atoms with Gasteiger partial charge in [0.15, 0.2) is 0 Å². The Balaban J connectivity index is 0.000000160. The van der Waals surface area contributed by atoms with Gasteiger partial charge in [-0.05, 0) is 123 Å². The minimum absolute atomic E-state index is 0. The van der Waals surface area contributed by atoms with Crippen LogP contribution in [-0.4, -0.2) is 14.2 Å². The van der Waals surface area contributed by atoms with Gasteiger partial charge in [0.2, 0.25) is 0 Å².